The summed E-state index contributed by atoms with van der Waals surface area (Å²) in [4.78, 5) is 0.0959. The van der Waals surface area contributed by atoms with Gasteiger partial charge in [-0.05, 0) is 43.9 Å². The van der Waals surface area contributed by atoms with Crippen molar-refractivity contribution in [3.63, 3.8) is 0 Å². The molecule has 0 bridgehead atoms. The second-order valence-corrected chi connectivity index (χ2v) is 7.23. The Labute approximate surface area is 130 Å². The largest absolute Gasteiger partial charge is 0.495 e. The number of methoxy groups -OCH3 is 1. The van der Waals surface area contributed by atoms with Crippen LogP contribution in [-0.2, 0) is 14.8 Å². The van der Waals surface area contributed by atoms with Crippen molar-refractivity contribution in [2.45, 2.75) is 37.7 Å². The van der Waals surface area contributed by atoms with Gasteiger partial charge in [0.05, 0.1) is 13.2 Å². The minimum Gasteiger partial charge on any atom is -0.495 e. The third kappa shape index (κ3) is 3.51. The zero-order valence-corrected chi connectivity index (χ0v) is 14.0. The molecule has 0 aliphatic carbocycles. The van der Waals surface area contributed by atoms with Crippen molar-refractivity contribution in [2.24, 2.45) is 0 Å². The zero-order valence-electron chi connectivity index (χ0n) is 12.4. The topological polar surface area (TPSA) is 64.6 Å². The van der Waals surface area contributed by atoms with Gasteiger partial charge in [-0.3, -0.25) is 0 Å². The van der Waals surface area contributed by atoms with E-state index in [1.165, 1.54) is 7.11 Å². The Morgan fingerprint density at radius 1 is 1.48 bits per heavy atom. The maximum Gasteiger partial charge on any atom is 0.244 e. The summed E-state index contributed by atoms with van der Waals surface area (Å²) in [5.74, 6) is 0.300. The van der Waals surface area contributed by atoms with Crippen molar-refractivity contribution in [2.75, 3.05) is 20.3 Å². The van der Waals surface area contributed by atoms with E-state index in [0.29, 0.717) is 22.9 Å². The molecule has 1 aliphatic heterocycles. The highest BCUT2D eigenvalue weighted by atomic mass is 35.5. The lowest BCUT2D eigenvalue weighted by Crippen LogP contribution is -2.32. The lowest BCUT2D eigenvalue weighted by Gasteiger charge is -2.17. The monoisotopic (exact) mass is 333 g/mol. The molecule has 5 nitrogen and oxygen atoms in total. The molecule has 1 unspecified atom stereocenters. The molecule has 1 atom stereocenters. The minimum absolute atomic E-state index is 0.0630. The van der Waals surface area contributed by atoms with Crippen molar-refractivity contribution in [3.8, 4) is 5.75 Å². The summed E-state index contributed by atoms with van der Waals surface area (Å²) in [6.45, 7) is 4.44. The van der Waals surface area contributed by atoms with Gasteiger partial charge in [0.25, 0.3) is 0 Å². The van der Waals surface area contributed by atoms with Crippen molar-refractivity contribution in [1.82, 2.24) is 4.72 Å². The van der Waals surface area contributed by atoms with Crippen LogP contribution in [0.5, 0.6) is 5.75 Å². The van der Waals surface area contributed by atoms with Crippen LogP contribution in [0.1, 0.15) is 24.0 Å². The van der Waals surface area contributed by atoms with Gasteiger partial charge in [-0.15, -0.1) is 0 Å². The quantitative estimate of drug-likeness (QED) is 0.898. The van der Waals surface area contributed by atoms with Gasteiger partial charge in [0.1, 0.15) is 10.6 Å². The molecule has 0 amide bonds. The van der Waals surface area contributed by atoms with Crippen LogP contribution in [0.25, 0.3) is 0 Å². The molecule has 1 aromatic rings. The van der Waals surface area contributed by atoms with Crippen LogP contribution in [0, 0.1) is 13.8 Å². The summed E-state index contributed by atoms with van der Waals surface area (Å²) in [5.41, 5.74) is 1.28. The van der Waals surface area contributed by atoms with Crippen molar-refractivity contribution in [3.05, 3.63) is 22.2 Å². The average molecular weight is 334 g/mol. The second-order valence-electron chi connectivity index (χ2n) is 5.15. The van der Waals surface area contributed by atoms with Crippen molar-refractivity contribution in [1.29, 1.82) is 0 Å². The summed E-state index contributed by atoms with van der Waals surface area (Å²) in [7, 11) is -2.25. The number of rotatable bonds is 5. The maximum absolute atomic E-state index is 12.5. The number of nitrogens with one attached hydrogen (secondary N) is 1. The first-order valence-corrected chi connectivity index (χ1v) is 8.68. The van der Waals surface area contributed by atoms with Gasteiger partial charge >= 0.3 is 0 Å². The van der Waals surface area contributed by atoms with E-state index in [1.54, 1.807) is 13.0 Å². The number of halogens is 1. The van der Waals surface area contributed by atoms with Crippen LogP contribution < -0.4 is 9.46 Å². The molecule has 1 N–H and O–H groups in total. The molecule has 1 aromatic carbocycles. The molecule has 7 heteroatoms. The fourth-order valence-corrected chi connectivity index (χ4v) is 4.14. The Morgan fingerprint density at radius 2 is 2.19 bits per heavy atom. The highest BCUT2D eigenvalue weighted by Gasteiger charge is 2.26. The van der Waals surface area contributed by atoms with E-state index in [1.807, 2.05) is 6.92 Å². The Bertz CT molecular complexity index is 624. The van der Waals surface area contributed by atoms with Crippen LogP contribution in [0.4, 0.5) is 0 Å². The first kappa shape index (κ1) is 16.5. The molecule has 0 saturated carbocycles. The first-order chi connectivity index (χ1) is 9.86. The Morgan fingerprint density at radius 3 is 2.76 bits per heavy atom. The summed E-state index contributed by atoms with van der Waals surface area (Å²) in [6.07, 6.45) is 1.77. The molecular weight excluding hydrogens is 314 g/mol. The van der Waals surface area contributed by atoms with Gasteiger partial charge in [0.2, 0.25) is 10.0 Å². The molecule has 1 fully saturated rings. The van der Waals surface area contributed by atoms with Crippen LogP contribution in [-0.4, -0.2) is 34.8 Å². The molecular formula is C14H20ClNO4S. The van der Waals surface area contributed by atoms with Gasteiger partial charge in [0.15, 0.2) is 0 Å². The molecule has 1 heterocycles. The number of hydrogen-bond acceptors (Lipinski definition) is 4. The second kappa shape index (κ2) is 6.52. The predicted molar refractivity (Wildman–Crippen MR) is 81.6 cm³/mol. The molecule has 21 heavy (non-hydrogen) atoms. The maximum atomic E-state index is 12.5. The molecule has 2 rings (SSSR count). The van der Waals surface area contributed by atoms with E-state index in [-0.39, 0.29) is 17.5 Å². The summed E-state index contributed by atoms with van der Waals surface area (Å²) in [6, 6.07) is 1.63. The molecule has 1 aliphatic rings. The Kier molecular flexibility index (Phi) is 5.14. The number of ether oxygens (including phenoxy) is 2. The molecule has 1 saturated heterocycles. The standard InChI is InChI=1S/C14H20ClNO4S/c1-9-7-12(19-3)14(10(2)13(9)15)21(17,18)16-8-11-5-4-6-20-11/h7,11,16H,4-6,8H2,1-3H3. The summed E-state index contributed by atoms with van der Waals surface area (Å²) < 4.78 is 38.3. The van der Waals surface area contributed by atoms with Crippen molar-refractivity contribution < 1.29 is 17.9 Å². The van der Waals surface area contributed by atoms with Crippen LogP contribution in [0.3, 0.4) is 0 Å². The van der Waals surface area contributed by atoms with Gasteiger partial charge in [0, 0.05) is 18.2 Å². The summed E-state index contributed by atoms with van der Waals surface area (Å²) >= 11 is 6.17. The van der Waals surface area contributed by atoms with Gasteiger partial charge < -0.3 is 9.47 Å². The molecule has 118 valence electrons. The van der Waals surface area contributed by atoms with Gasteiger partial charge in [-0.1, -0.05) is 11.6 Å². The van der Waals surface area contributed by atoms with E-state index in [0.717, 1.165) is 18.4 Å². The Balaban J connectivity index is 2.32. The van der Waals surface area contributed by atoms with Crippen LogP contribution >= 0.6 is 11.6 Å². The lowest BCUT2D eigenvalue weighted by atomic mass is 10.1. The zero-order chi connectivity index (χ0) is 15.6. The number of aryl methyl sites for hydroxylation is 1. The fourth-order valence-electron chi connectivity index (χ4n) is 2.47. The van der Waals surface area contributed by atoms with Gasteiger partial charge in [-0.25, -0.2) is 13.1 Å². The fraction of sp³-hybridized carbons (Fsp3) is 0.571. The Hall–Kier alpha value is -0.820. The van der Waals surface area contributed by atoms with E-state index >= 15 is 0 Å². The van der Waals surface area contributed by atoms with E-state index in [9.17, 15) is 8.42 Å². The van der Waals surface area contributed by atoms with E-state index in [4.69, 9.17) is 21.1 Å². The minimum atomic E-state index is -3.70. The number of hydrogen-bond donors (Lipinski definition) is 1. The SMILES string of the molecule is COc1cc(C)c(Cl)c(C)c1S(=O)(=O)NCC1CCCO1. The molecule has 0 aromatic heterocycles. The molecule has 0 spiro atoms. The summed E-state index contributed by atoms with van der Waals surface area (Å²) in [5, 5.41) is 0.438. The lowest BCUT2D eigenvalue weighted by molar-refractivity contribution is 0.114. The third-order valence-corrected chi connectivity index (χ3v) is 5.77. The first-order valence-electron chi connectivity index (χ1n) is 6.81. The number of sulfonamides is 1. The average Bonchev–Trinajstić information content (AvgIpc) is 2.95. The third-order valence-electron chi connectivity index (χ3n) is 3.60. The van der Waals surface area contributed by atoms with Crippen molar-refractivity contribution >= 4 is 21.6 Å². The smallest absolute Gasteiger partial charge is 0.244 e. The highest BCUT2D eigenvalue weighted by molar-refractivity contribution is 7.89. The number of benzene rings is 1. The van der Waals surface area contributed by atoms with Crippen LogP contribution in [0.2, 0.25) is 5.02 Å². The predicted octanol–water partition coefficient (Wildman–Crippen LogP) is 2.42. The highest BCUT2D eigenvalue weighted by Crippen LogP contribution is 2.34. The van der Waals surface area contributed by atoms with Gasteiger partial charge in [-0.2, -0.15) is 0 Å². The normalized spacial score (nSPS) is 19.0. The van der Waals surface area contributed by atoms with E-state index in [2.05, 4.69) is 4.72 Å². The molecule has 0 radical (unpaired) electrons. The van der Waals surface area contributed by atoms with Crippen LogP contribution in [0.15, 0.2) is 11.0 Å². The van der Waals surface area contributed by atoms with E-state index < -0.39 is 10.0 Å².